The zero-order valence-electron chi connectivity index (χ0n) is 20.4. The molecule has 1 aromatic carbocycles. The number of carboxylic acid groups (broad SMARTS) is 1. The summed E-state index contributed by atoms with van der Waals surface area (Å²) < 4.78 is 95.3. The second kappa shape index (κ2) is 10.3. The van der Waals surface area contributed by atoms with Crippen LogP contribution in [-0.4, -0.2) is 71.1 Å². The Hall–Kier alpha value is -2.57. The topological polar surface area (TPSA) is 70.1 Å². The van der Waals surface area contributed by atoms with Crippen LogP contribution >= 0.6 is 0 Å². The van der Waals surface area contributed by atoms with E-state index in [9.17, 15) is 41.0 Å². The maximum absolute atomic E-state index is 15.0. The molecule has 6 nitrogen and oxygen atoms in total. The van der Waals surface area contributed by atoms with Gasteiger partial charge in [-0.2, -0.15) is 26.3 Å². The summed E-state index contributed by atoms with van der Waals surface area (Å²) in [6.45, 7) is 1.66. The van der Waals surface area contributed by atoms with Crippen molar-refractivity contribution in [2.24, 2.45) is 0 Å². The summed E-state index contributed by atoms with van der Waals surface area (Å²) in [4.78, 5) is 26.9. The zero-order valence-corrected chi connectivity index (χ0v) is 20.4. The molecule has 13 heteroatoms. The molecule has 0 spiro atoms. The number of ether oxygens (including phenoxy) is 1. The third-order valence-corrected chi connectivity index (χ3v) is 7.69. The highest BCUT2D eigenvalue weighted by atomic mass is 19.4. The molecule has 1 saturated heterocycles. The molecule has 37 heavy (non-hydrogen) atoms. The van der Waals surface area contributed by atoms with Gasteiger partial charge in [-0.25, -0.2) is 9.18 Å². The van der Waals surface area contributed by atoms with E-state index in [4.69, 9.17) is 0 Å². The number of alkyl halides is 6. The van der Waals surface area contributed by atoms with Gasteiger partial charge in [-0.05, 0) is 51.3 Å². The van der Waals surface area contributed by atoms with E-state index in [2.05, 4.69) is 4.74 Å². The summed E-state index contributed by atoms with van der Waals surface area (Å²) in [5.41, 5.74) is -1.35. The van der Waals surface area contributed by atoms with Crippen molar-refractivity contribution in [1.29, 1.82) is 0 Å². The standard InChI is InChI=1S/C24H29F7N2O4/c1-21(10-12-33(13-11-21)20(36)37-18(23(26,27)28)24(29,30)31)32(2)14-15-6-5-7-16(25)17(15)22(19(34)35)8-3-4-9-22/h5-7,18H,3-4,8-14H2,1-2H3,(H,34,35). The minimum Gasteiger partial charge on any atom is -0.481 e. The van der Waals surface area contributed by atoms with E-state index in [1.807, 2.05) is 11.8 Å². The number of aliphatic carboxylic acids is 1. The highest BCUT2D eigenvalue weighted by Crippen LogP contribution is 2.45. The van der Waals surface area contributed by atoms with Gasteiger partial charge < -0.3 is 14.7 Å². The van der Waals surface area contributed by atoms with Crippen molar-refractivity contribution < 1.29 is 50.2 Å². The molecule has 0 aromatic heterocycles. The number of carboxylic acids is 1. The Morgan fingerprint density at radius 3 is 2.08 bits per heavy atom. The van der Waals surface area contributed by atoms with Crippen LogP contribution < -0.4 is 0 Å². The van der Waals surface area contributed by atoms with Gasteiger partial charge in [-0.3, -0.25) is 9.69 Å². The number of hydrogen-bond donors (Lipinski definition) is 1. The van der Waals surface area contributed by atoms with Gasteiger partial charge in [0, 0.05) is 30.7 Å². The molecule has 208 valence electrons. The SMILES string of the molecule is CN(Cc1cccc(F)c1C1(C(=O)O)CCCC1)C1(C)CCN(C(=O)OC(C(F)(F)F)C(F)(F)F)CC1. The number of halogens is 7. The van der Waals surface area contributed by atoms with Gasteiger partial charge in [0.2, 0.25) is 0 Å². The van der Waals surface area contributed by atoms with Crippen molar-refractivity contribution in [3.63, 3.8) is 0 Å². The zero-order chi connectivity index (χ0) is 27.8. The Kier molecular flexibility index (Phi) is 8.07. The third kappa shape index (κ3) is 5.96. The van der Waals surface area contributed by atoms with Crippen molar-refractivity contribution in [1.82, 2.24) is 9.80 Å². The molecule has 1 N–H and O–H groups in total. The van der Waals surface area contributed by atoms with Gasteiger partial charge in [0.1, 0.15) is 5.82 Å². The number of carbonyl (C=O) groups is 2. The number of hydrogen-bond acceptors (Lipinski definition) is 4. The van der Waals surface area contributed by atoms with Crippen LogP contribution in [0.1, 0.15) is 56.6 Å². The second-order valence-corrected chi connectivity index (χ2v) is 10.1. The molecule has 0 radical (unpaired) electrons. The van der Waals surface area contributed by atoms with Crippen LogP contribution in [-0.2, 0) is 21.5 Å². The highest BCUT2D eigenvalue weighted by molar-refractivity contribution is 5.82. The van der Waals surface area contributed by atoms with Crippen molar-refractivity contribution in [3.05, 3.63) is 35.1 Å². The Morgan fingerprint density at radius 2 is 1.59 bits per heavy atom. The second-order valence-electron chi connectivity index (χ2n) is 10.1. The molecular formula is C24H29F7N2O4. The summed E-state index contributed by atoms with van der Waals surface area (Å²) in [5, 5.41) is 9.97. The van der Waals surface area contributed by atoms with Gasteiger partial charge in [-0.15, -0.1) is 0 Å². The smallest absolute Gasteiger partial charge is 0.434 e. The van der Waals surface area contributed by atoms with E-state index in [1.54, 1.807) is 13.1 Å². The molecule has 0 bridgehead atoms. The molecule has 1 aliphatic heterocycles. The number of piperidine rings is 1. The van der Waals surface area contributed by atoms with Crippen LogP contribution in [0, 0.1) is 5.82 Å². The van der Waals surface area contributed by atoms with Crippen LogP contribution in [0.15, 0.2) is 18.2 Å². The lowest BCUT2D eigenvalue weighted by Crippen LogP contribution is -2.54. The van der Waals surface area contributed by atoms with Gasteiger partial charge in [-0.1, -0.05) is 25.0 Å². The van der Waals surface area contributed by atoms with Crippen molar-refractivity contribution in [3.8, 4) is 0 Å². The van der Waals surface area contributed by atoms with E-state index < -0.39 is 47.3 Å². The van der Waals surface area contributed by atoms with E-state index >= 15 is 4.39 Å². The summed E-state index contributed by atoms with van der Waals surface area (Å²) in [5.74, 6) is -1.70. The Bertz CT molecular complexity index is 984. The first kappa shape index (κ1) is 29.0. The number of likely N-dealkylation sites (tertiary alicyclic amines) is 1. The molecular weight excluding hydrogens is 513 g/mol. The summed E-state index contributed by atoms with van der Waals surface area (Å²) >= 11 is 0. The van der Waals surface area contributed by atoms with Crippen LogP contribution in [0.4, 0.5) is 35.5 Å². The third-order valence-electron chi connectivity index (χ3n) is 7.69. The first-order chi connectivity index (χ1) is 17.0. The van der Waals surface area contributed by atoms with E-state index in [-0.39, 0.29) is 38.0 Å². The van der Waals surface area contributed by atoms with E-state index in [0.29, 0.717) is 31.2 Å². The normalized spacial score (nSPS) is 19.9. The fourth-order valence-electron chi connectivity index (χ4n) is 5.28. The maximum Gasteiger partial charge on any atom is 0.434 e. The summed E-state index contributed by atoms with van der Waals surface area (Å²) in [7, 11) is 1.72. The fraction of sp³-hybridized carbons (Fsp3) is 0.667. The summed E-state index contributed by atoms with van der Waals surface area (Å²) in [6, 6.07) is 4.37. The molecule has 1 saturated carbocycles. The number of nitrogens with zero attached hydrogens (tertiary/aromatic N) is 2. The average molecular weight is 542 g/mol. The quantitative estimate of drug-likeness (QED) is 0.472. The number of amides is 1. The molecule has 0 atom stereocenters. The Labute approximate surface area is 209 Å². The molecule has 1 amide bonds. The largest absolute Gasteiger partial charge is 0.481 e. The van der Waals surface area contributed by atoms with E-state index in [1.165, 1.54) is 12.1 Å². The van der Waals surface area contributed by atoms with Crippen molar-refractivity contribution in [2.45, 2.75) is 81.4 Å². The predicted octanol–water partition coefficient (Wildman–Crippen LogP) is 5.64. The minimum atomic E-state index is -5.80. The van der Waals surface area contributed by atoms with Crippen molar-refractivity contribution in [2.75, 3.05) is 20.1 Å². The van der Waals surface area contributed by atoms with Crippen LogP contribution in [0.2, 0.25) is 0 Å². The minimum absolute atomic E-state index is 0.141. The molecule has 1 heterocycles. The molecule has 0 unspecified atom stereocenters. The lowest BCUT2D eigenvalue weighted by molar-refractivity contribution is -0.308. The first-order valence-electron chi connectivity index (χ1n) is 11.8. The lowest BCUT2D eigenvalue weighted by atomic mass is 9.76. The molecule has 2 fully saturated rings. The Morgan fingerprint density at radius 1 is 1.05 bits per heavy atom. The molecule has 3 rings (SSSR count). The van der Waals surface area contributed by atoms with Crippen LogP contribution in [0.3, 0.4) is 0 Å². The monoisotopic (exact) mass is 542 g/mol. The number of rotatable bonds is 6. The Balaban J connectivity index is 1.72. The molecule has 2 aliphatic rings. The average Bonchev–Trinajstić information content (AvgIpc) is 3.27. The predicted molar refractivity (Wildman–Crippen MR) is 117 cm³/mol. The molecule has 1 aliphatic carbocycles. The van der Waals surface area contributed by atoms with Gasteiger partial charge in [0.25, 0.3) is 6.10 Å². The number of carbonyl (C=O) groups excluding carboxylic acids is 1. The van der Waals surface area contributed by atoms with Crippen LogP contribution in [0.5, 0.6) is 0 Å². The first-order valence-corrected chi connectivity index (χ1v) is 11.8. The lowest BCUT2D eigenvalue weighted by Gasteiger charge is -2.45. The van der Waals surface area contributed by atoms with Crippen LogP contribution in [0.25, 0.3) is 0 Å². The maximum atomic E-state index is 15.0. The molecule has 1 aromatic rings. The number of benzene rings is 1. The van der Waals surface area contributed by atoms with Gasteiger partial charge >= 0.3 is 24.4 Å². The van der Waals surface area contributed by atoms with Gasteiger partial charge in [0.15, 0.2) is 0 Å². The summed E-state index contributed by atoms with van der Waals surface area (Å²) in [6.07, 6.45) is -15.2. The van der Waals surface area contributed by atoms with Gasteiger partial charge in [0.05, 0.1) is 5.41 Å². The van der Waals surface area contributed by atoms with E-state index in [0.717, 1.165) is 4.90 Å². The highest BCUT2D eigenvalue weighted by Gasteiger charge is 2.60. The fourth-order valence-corrected chi connectivity index (χ4v) is 5.28. The van der Waals surface area contributed by atoms with Crippen molar-refractivity contribution >= 4 is 12.1 Å².